The van der Waals surface area contributed by atoms with Gasteiger partial charge in [-0.25, -0.2) is 4.98 Å². The van der Waals surface area contributed by atoms with Crippen molar-refractivity contribution in [1.82, 2.24) is 15.3 Å². The third-order valence-electron chi connectivity index (χ3n) is 2.77. The predicted molar refractivity (Wildman–Crippen MR) is 72.5 cm³/mol. The molecule has 0 amide bonds. The molecule has 2 heterocycles. The van der Waals surface area contributed by atoms with Gasteiger partial charge in [-0.15, -0.1) is 11.3 Å². The first-order valence-electron chi connectivity index (χ1n) is 6.12. The van der Waals surface area contributed by atoms with Crippen LogP contribution in [0.2, 0.25) is 0 Å². The van der Waals surface area contributed by atoms with Crippen LogP contribution in [-0.2, 0) is 12.7 Å². The smallest absolute Gasteiger partial charge is 0.312 e. The molecule has 0 aliphatic rings. The summed E-state index contributed by atoms with van der Waals surface area (Å²) in [7, 11) is 0. The monoisotopic (exact) mass is 301 g/mol. The lowest BCUT2D eigenvalue weighted by Gasteiger charge is -2.05. The van der Waals surface area contributed by atoms with E-state index in [1.807, 2.05) is 13.8 Å². The van der Waals surface area contributed by atoms with Crippen LogP contribution < -0.4 is 5.32 Å². The molecule has 2 aromatic rings. The molecule has 0 saturated carbocycles. The van der Waals surface area contributed by atoms with Crippen molar-refractivity contribution in [3.05, 3.63) is 34.6 Å². The SMILES string of the molecule is CCNCc1sc(-c2cnccc2C)nc1C(F)(F)F. The lowest BCUT2D eigenvalue weighted by molar-refractivity contribution is -0.141. The van der Waals surface area contributed by atoms with Crippen LogP contribution in [0, 0.1) is 6.92 Å². The van der Waals surface area contributed by atoms with Gasteiger partial charge in [0.15, 0.2) is 5.69 Å². The van der Waals surface area contributed by atoms with Gasteiger partial charge in [0.1, 0.15) is 5.01 Å². The highest BCUT2D eigenvalue weighted by atomic mass is 32.1. The number of alkyl halides is 3. The highest BCUT2D eigenvalue weighted by Crippen LogP contribution is 2.38. The number of aryl methyl sites for hydroxylation is 1. The highest BCUT2D eigenvalue weighted by molar-refractivity contribution is 7.15. The molecular weight excluding hydrogens is 287 g/mol. The molecule has 3 nitrogen and oxygen atoms in total. The van der Waals surface area contributed by atoms with Crippen LogP contribution in [0.15, 0.2) is 18.5 Å². The van der Waals surface area contributed by atoms with E-state index in [0.717, 1.165) is 16.9 Å². The van der Waals surface area contributed by atoms with Crippen molar-refractivity contribution in [1.29, 1.82) is 0 Å². The van der Waals surface area contributed by atoms with E-state index in [1.54, 1.807) is 18.5 Å². The molecule has 0 saturated heterocycles. The minimum atomic E-state index is -4.43. The van der Waals surface area contributed by atoms with Gasteiger partial charge in [0, 0.05) is 24.5 Å². The van der Waals surface area contributed by atoms with E-state index in [4.69, 9.17) is 0 Å². The van der Waals surface area contributed by atoms with Gasteiger partial charge < -0.3 is 5.32 Å². The Hall–Kier alpha value is -1.47. The molecule has 0 fully saturated rings. The Labute approximate surface area is 118 Å². The van der Waals surface area contributed by atoms with E-state index >= 15 is 0 Å². The second-order valence-corrected chi connectivity index (χ2v) is 5.34. The summed E-state index contributed by atoms with van der Waals surface area (Å²) in [5.74, 6) is 0. The Morgan fingerprint density at radius 1 is 1.35 bits per heavy atom. The number of nitrogens with zero attached hydrogens (tertiary/aromatic N) is 2. The molecule has 2 rings (SSSR count). The Bertz CT molecular complexity index is 593. The molecule has 0 atom stereocenters. The standard InChI is InChI=1S/C13H14F3N3S/c1-3-17-7-10-11(13(14,15)16)19-12(20-10)9-6-18-5-4-8(9)2/h4-6,17H,3,7H2,1-2H3. The van der Waals surface area contributed by atoms with Crippen LogP contribution in [0.3, 0.4) is 0 Å². The Morgan fingerprint density at radius 2 is 2.10 bits per heavy atom. The maximum absolute atomic E-state index is 13.0. The summed E-state index contributed by atoms with van der Waals surface area (Å²) >= 11 is 1.06. The summed E-state index contributed by atoms with van der Waals surface area (Å²) < 4.78 is 39.0. The number of aromatic nitrogens is 2. The van der Waals surface area contributed by atoms with Gasteiger partial charge >= 0.3 is 6.18 Å². The molecule has 108 valence electrons. The fraction of sp³-hybridized carbons (Fsp3) is 0.385. The number of nitrogens with one attached hydrogen (secondary N) is 1. The molecule has 0 aliphatic heterocycles. The Morgan fingerprint density at radius 3 is 2.70 bits per heavy atom. The maximum Gasteiger partial charge on any atom is 0.434 e. The second kappa shape index (κ2) is 5.88. The van der Waals surface area contributed by atoms with Crippen molar-refractivity contribution in [2.45, 2.75) is 26.6 Å². The van der Waals surface area contributed by atoms with Gasteiger partial charge in [-0.2, -0.15) is 13.2 Å². The lowest BCUT2D eigenvalue weighted by Crippen LogP contribution is -2.15. The molecular formula is C13H14F3N3S. The van der Waals surface area contributed by atoms with Gasteiger partial charge in [0.25, 0.3) is 0 Å². The number of hydrogen-bond donors (Lipinski definition) is 1. The van der Waals surface area contributed by atoms with Crippen molar-refractivity contribution in [2.24, 2.45) is 0 Å². The van der Waals surface area contributed by atoms with Crippen molar-refractivity contribution < 1.29 is 13.2 Å². The third-order valence-corrected chi connectivity index (χ3v) is 3.86. The van der Waals surface area contributed by atoms with Crippen LogP contribution in [0.5, 0.6) is 0 Å². The van der Waals surface area contributed by atoms with Gasteiger partial charge in [-0.1, -0.05) is 6.92 Å². The van der Waals surface area contributed by atoms with Crippen molar-refractivity contribution >= 4 is 11.3 Å². The third kappa shape index (κ3) is 3.16. The summed E-state index contributed by atoms with van der Waals surface area (Å²) in [6, 6.07) is 1.76. The van der Waals surface area contributed by atoms with Crippen molar-refractivity contribution in [2.75, 3.05) is 6.54 Å². The average Bonchev–Trinajstić information content (AvgIpc) is 2.80. The number of hydrogen-bond acceptors (Lipinski definition) is 4. The zero-order valence-electron chi connectivity index (χ0n) is 11.1. The van der Waals surface area contributed by atoms with Crippen molar-refractivity contribution in [3.8, 4) is 10.6 Å². The second-order valence-electron chi connectivity index (χ2n) is 4.26. The normalized spacial score (nSPS) is 11.8. The summed E-state index contributed by atoms with van der Waals surface area (Å²) in [5, 5.41) is 3.27. The molecule has 2 aromatic heterocycles. The predicted octanol–water partition coefficient (Wildman–Crippen LogP) is 3.64. The topological polar surface area (TPSA) is 37.8 Å². The zero-order chi connectivity index (χ0) is 14.8. The summed E-state index contributed by atoms with van der Waals surface area (Å²) in [6.07, 6.45) is -1.28. The summed E-state index contributed by atoms with van der Waals surface area (Å²) in [6.45, 7) is 4.45. The van der Waals surface area contributed by atoms with Gasteiger partial charge in [0.2, 0.25) is 0 Å². The fourth-order valence-corrected chi connectivity index (χ4v) is 2.86. The summed E-state index contributed by atoms with van der Waals surface area (Å²) in [4.78, 5) is 7.94. The first kappa shape index (κ1) is 14.9. The van der Waals surface area contributed by atoms with E-state index in [0.29, 0.717) is 17.1 Å². The zero-order valence-corrected chi connectivity index (χ0v) is 11.9. The van der Waals surface area contributed by atoms with Crippen LogP contribution in [0.4, 0.5) is 13.2 Å². The number of thiazole rings is 1. The largest absolute Gasteiger partial charge is 0.434 e. The summed E-state index contributed by atoms with van der Waals surface area (Å²) in [5.41, 5.74) is 0.699. The van der Waals surface area contributed by atoms with Crippen LogP contribution in [0.25, 0.3) is 10.6 Å². The minimum Gasteiger partial charge on any atom is -0.312 e. The van der Waals surface area contributed by atoms with E-state index in [1.165, 1.54) is 0 Å². The van der Waals surface area contributed by atoms with E-state index in [-0.39, 0.29) is 11.4 Å². The molecule has 7 heteroatoms. The molecule has 0 bridgehead atoms. The molecule has 1 N–H and O–H groups in total. The van der Waals surface area contributed by atoms with Gasteiger partial charge in [-0.3, -0.25) is 4.98 Å². The van der Waals surface area contributed by atoms with Gasteiger partial charge in [0.05, 0.1) is 4.88 Å². The number of halogens is 3. The van der Waals surface area contributed by atoms with Crippen molar-refractivity contribution in [3.63, 3.8) is 0 Å². The Balaban J connectivity index is 2.46. The van der Waals surface area contributed by atoms with E-state index < -0.39 is 11.9 Å². The highest BCUT2D eigenvalue weighted by Gasteiger charge is 2.37. The maximum atomic E-state index is 13.0. The average molecular weight is 301 g/mol. The molecule has 0 spiro atoms. The van der Waals surface area contributed by atoms with Crippen LogP contribution in [-0.4, -0.2) is 16.5 Å². The Kier molecular flexibility index (Phi) is 4.39. The fourth-order valence-electron chi connectivity index (χ4n) is 1.73. The first-order valence-corrected chi connectivity index (χ1v) is 6.93. The van der Waals surface area contributed by atoms with Gasteiger partial charge in [-0.05, 0) is 25.1 Å². The molecule has 20 heavy (non-hydrogen) atoms. The molecule has 0 unspecified atom stereocenters. The lowest BCUT2D eigenvalue weighted by atomic mass is 10.2. The molecule has 0 aliphatic carbocycles. The quantitative estimate of drug-likeness (QED) is 0.937. The van der Waals surface area contributed by atoms with Crippen LogP contribution >= 0.6 is 11.3 Å². The van der Waals surface area contributed by atoms with E-state index in [2.05, 4.69) is 15.3 Å². The molecule has 0 radical (unpaired) electrons. The van der Waals surface area contributed by atoms with Crippen LogP contribution in [0.1, 0.15) is 23.1 Å². The number of pyridine rings is 1. The minimum absolute atomic E-state index is 0.169. The van der Waals surface area contributed by atoms with E-state index in [9.17, 15) is 13.2 Å². The molecule has 0 aromatic carbocycles. The first-order chi connectivity index (χ1) is 9.43. The number of rotatable bonds is 4.